The minimum absolute atomic E-state index is 0.344. The third kappa shape index (κ3) is 2.70. The average molecular weight is 245 g/mol. The summed E-state index contributed by atoms with van der Waals surface area (Å²) in [5.74, 6) is 0.949. The molecule has 0 aromatic carbocycles. The summed E-state index contributed by atoms with van der Waals surface area (Å²) in [5, 5.41) is 4.98. The second-order valence-electron chi connectivity index (χ2n) is 4.57. The molecular weight excluding hydrogens is 228 g/mol. The third-order valence-electron chi connectivity index (χ3n) is 3.35. The lowest BCUT2D eigenvalue weighted by Gasteiger charge is -2.35. The predicted octanol–water partition coefficient (Wildman–Crippen LogP) is 3.42. The quantitative estimate of drug-likeness (QED) is 0.807. The molecule has 2 rings (SSSR count). The van der Waals surface area contributed by atoms with Crippen molar-refractivity contribution in [3.05, 3.63) is 17.4 Å². The van der Waals surface area contributed by atoms with Crippen molar-refractivity contribution in [1.82, 2.24) is 9.78 Å². The fourth-order valence-corrected chi connectivity index (χ4v) is 3.01. The molecule has 84 valence electrons. The zero-order valence-corrected chi connectivity index (χ0v) is 10.5. The first-order valence-electron chi connectivity index (χ1n) is 5.53. The summed E-state index contributed by atoms with van der Waals surface area (Å²) in [6.45, 7) is 0.962. The number of thiol groups is 1. The molecular formula is C11H17ClN2S. The second kappa shape index (κ2) is 4.79. The fourth-order valence-electron chi connectivity index (χ4n) is 2.44. The number of hydrogen-bond donors (Lipinski definition) is 1. The van der Waals surface area contributed by atoms with Gasteiger partial charge in [0.1, 0.15) is 0 Å². The molecule has 0 saturated heterocycles. The van der Waals surface area contributed by atoms with E-state index in [0.29, 0.717) is 5.41 Å². The smallest absolute Gasteiger partial charge is 0.0785 e. The number of rotatable bonds is 3. The Bertz CT molecular complexity index is 318. The summed E-state index contributed by atoms with van der Waals surface area (Å²) in [7, 11) is 0. The molecule has 4 heteroatoms. The summed E-state index contributed by atoms with van der Waals surface area (Å²) in [5.41, 5.74) is 0.344. The van der Waals surface area contributed by atoms with Gasteiger partial charge in [-0.25, -0.2) is 0 Å². The maximum atomic E-state index is 5.86. The summed E-state index contributed by atoms with van der Waals surface area (Å²) in [6.07, 6.45) is 10.2. The van der Waals surface area contributed by atoms with E-state index in [0.717, 1.165) is 17.3 Å². The number of aromatic nitrogens is 2. The van der Waals surface area contributed by atoms with Crippen molar-refractivity contribution < 1.29 is 0 Å². The van der Waals surface area contributed by atoms with Crippen LogP contribution in [0.2, 0.25) is 5.02 Å². The van der Waals surface area contributed by atoms with Gasteiger partial charge in [0.25, 0.3) is 0 Å². The molecule has 1 saturated carbocycles. The van der Waals surface area contributed by atoms with Crippen LogP contribution in [0.4, 0.5) is 0 Å². The van der Waals surface area contributed by atoms with Crippen LogP contribution >= 0.6 is 24.2 Å². The lowest BCUT2D eigenvalue weighted by Crippen LogP contribution is -2.31. The van der Waals surface area contributed by atoms with Crippen molar-refractivity contribution >= 4 is 24.2 Å². The Morgan fingerprint density at radius 2 is 2.13 bits per heavy atom. The Morgan fingerprint density at radius 3 is 2.67 bits per heavy atom. The highest BCUT2D eigenvalue weighted by molar-refractivity contribution is 7.80. The fraction of sp³-hybridized carbons (Fsp3) is 0.727. The summed E-state index contributed by atoms with van der Waals surface area (Å²) in [6, 6.07) is 0. The molecule has 0 atom stereocenters. The minimum atomic E-state index is 0.344. The number of nitrogens with zero attached hydrogens (tertiary/aromatic N) is 2. The van der Waals surface area contributed by atoms with Crippen molar-refractivity contribution in [2.75, 3.05) is 5.75 Å². The predicted molar refractivity (Wildman–Crippen MR) is 66.6 cm³/mol. The minimum Gasteiger partial charge on any atom is -0.271 e. The monoisotopic (exact) mass is 244 g/mol. The Morgan fingerprint density at radius 1 is 1.40 bits per heavy atom. The van der Waals surface area contributed by atoms with Gasteiger partial charge in [0.05, 0.1) is 11.2 Å². The zero-order chi connectivity index (χ0) is 10.7. The summed E-state index contributed by atoms with van der Waals surface area (Å²) < 4.78 is 1.96. The van der Waals surface area contributed by atoms with Crippen molar-refractivity contribution in [2.24, 2.45) is 5.41 Å². The van der Waals surface area contributed by atoms with E-state index in [-0.39, 0.29) is 0 Å². The molecule has 1 aromatic heterocycles. The number of hydrogen-bond acceptors (Lipinski definition) is 2. The van der Waals surface area contributed by atoms with Gasteiger partial charge in [0.15, 0.2) is 0 Å². The first kappa shape index (κ1) is 11.3. The highest BCUT2D eigenvalue weighted by Gasteiger charge is 2.31. The Hall–Kier alpha value is -0.150. The normalized spacial score (nSPS) is 20.4. The molecule has 1 aliphatic rings. The largest absolute Gasteiger partial charge is 0.271 e. The average Bonchev–Trinajstić information content (AvgIpc) is 2.65. The van der Waals surface area contributed by atoms with Crippen LogP contribution in [0.1, 0.15) is 32.1 Å². The Labute approximate surface area is 101 Å². The Kier molecular flexibility index (Phi) is 3.62. The van der Waals surface area contributed by atoms with Gasteiger partial charge in [0.2, 0.25) is 0 Å². The van der Waals surface area contributed by atoms with E-state index in [4.69, 9.17) is 11.6 Å². The van der Waals surface area contributed by atoms with Gasteiger partial charge in [-0.15, -0.1) is 0 Å². The van der Waals surface area contributed by atoms with Crippen molar-refractivity contribution in [3.63, 3.8) is 0 Å². The van der Waals surface area contributed by atoms with Crippen LogP contribution in [-0.2, 0) is 6.54 Å². The molecule has 1 aliphatic carbocycles. The van der Waals surface area contributed by atoms with Crippen LogP contribution in [0.25, 0.3) is 0 Å². The van der Waals surface area contributed by atoms with Gasteiger partial charge < -0.3 is 0 Å². The van der Waals surface area contributed by atoms with E-state index in [1.807, 2.05) is 10.9 Å². The van der Waals surface area contributed by atoms with Crippen LogP contribution in [0, 0.1) is 5.41 Å². The van der Waals surface area contributed by atoms with E-state index in [9.17, 15) is 0 Å². The van der Waals surface area contributed by atoms with Gasteiger partial charge in [-0.2, -0.15) is 17.7 Å². The van der Waals surface area contributed by atoms with Gasteiger partial charge in [-0.1, -0.05) is 30.9 Å². The van der Waals surface area contributed by atoms with Crippen molar-refractivity contribution in [1.29, 1.82) is 0 Å². The van der Waals surface area contributed by atoms with Gasteiger partial charge >= 0.3 is 0 Å². The SMILES string of the molecule is SCC1(Cn2cc(Cl)cn2)CCCCC1. The van der Waals surface area contributed by atoms with E-state index >= 15 is 0 Å². The number of halogens is 1. The lowest BCUT2D eigenvalue weighted by atomic mass is 9.75. The standard InChI is InChI=1S/C11H17ClN2S/c12-10-6-13-14(7-10)8-11(9-15)4-2-1-3-5-11/h6-7,15H,1-5,8-9H2. The van der Waals surface area contributed by atoms with Gasteiger partial charge in [-0.3, -0.25) is 4.68 Å². The maximum absolute atomic E-state index is 5.86. The van der Waals surface area contributed by atoms with E-state index in [1.165, 1.54) is 32.1 Å². The molecule has 1 aromatic rings. The molecule has 0 aliphatic heterocycles. The highest BCUT2D eigenvalue weighted by atomic mass is 35.5. The zero-order valence-electron chi connectivity index (χ0n) is 8.82. The van der Waals surface area contributed by atoms with Crippen LogP contribution in [0.15, 0.2) is 12.4 Å². The van der Waals surface area contributed by atoms with Crippen LogP contribution in [-0.4, -0.2) is 15.5 Å². The van der Waals surface area contributed by atoms with Crippen molar-refractivity contribution in [3.8, 4) is 0 Å². The van der Waals surface area contributed by atoms with E-state index < -0.39 is 0 Å². The molecule has 0 amide bonds. The molecule has 0 spiro atoms. The molecule has 0 N–H and O–H groups in total. The lowest BCUT2D eigenvalue weighted by molar-refractivity contribution is 0.182. The molecule has 0 radical (unpaired) electrons. The first-order chi connectivity index (χ1) is 7.24. The molecule has 1 fully saturated rings. The maximum Gasteiger partial charge on any atom is 0.0785 e. The van der Waals surface area contributed by atoms with E-state index in [1.54, 1.807) is 6.20 Å². The topological polar surface area (TPSA) is 17.8 Å². The highest BCUT2D eigenvalue weighted by Crippen LogP contribution is 2.38. The third-order valence-corrected chi connectivity index (χ3v) is 4.21. The van der Waals surface area contributed by atoms with Crippen LogP contribution in [0.5, 0.6) is 0 Å². The molecule has 1 heterocycles. The summed E-state index contributed by atoms with van der Waals surface area (Å²) >= 11 is 10.4. The van der Waals surface area contributed by atoms with Crippen LogP contribution in [0.3, 0.4) is 0 Å². The summed E-state index contributed by atoms with van der Waals surface area (Å²) in [4.78, 5) is 0. The van der Waals surface area contributed by atoms with Gasteiger partial charge in [-0.05, 0) is 24.0 Å². The molecule has 0 bridgehead atoms. The first-order valence-corrected chi connectivity index (χ1v) is 6.54. The van der Waals surface area contributed by atoms with E-state index in [2.05, 4.69) is 17.7 Å². The molecule has 15 heavy (non-hydrogen) atoms. The molecule has 0 unspecified atom stereocenters. The Balaban J connectivity index is 2.06. The van der Waals surface area contributed by atoms with Gasteiger partial charge in [0, 0.05) is 12.7 Å². The molecule has 2 nitrogen and oxygen atoms in total. The second-order valence-corrected chi connectivity index (χ2v) is 5.33. The van der Waals surface area contributed by atoms with Crippen LogP contribution < -0.4 is 0 Å². The van der Waals surface area contributed by atoms with Crippen molar-refractivity contribution in [2.45, 2.75) is 38.6 Å².